The van der Waals surface area contributed by atoms with Gasteiger partial charge in [-0.3, -0.25) is 0 Å². The van der Waals surface area contributed by atoms with E-state index in [1.807, 2.05) is 54.6 Å². The lowest BCUT2D eigenvalue weighted by molar-refractivity contribution is -1.03. The number of hydrogen-bond donors (Lipinski definition) is 0. The maximum Gasteiger partial charge on any atom is 0.324 e. The molecule has 2 rings (SSSR count). The van der Waals surface area contributed by atoms with Gasteiger partial charge in [-0.05, 0) is 45.8 Å². The lowest BCUT2D eigenvalue weighted by Crippen LogP contribution is -3.85. The molecule has 0 aliphatic heterocycles. The normalized spacial score (nSPS) is 11.6. The van der Waals surface area contributed by atoms with Crippen LogP contribution in [0.4, 0.5) is 0 Å². The van der Waals surface area contributed by atoms with Crippen molar-refractivity contribution in [2.24, 2.45) is 0 Å². The highest BCUT2D eigenvalue weighted by molar-refractivity contribution is 7.86. The van der Waals surface area contributed by atoms with Crippen LogP contribution in [0.2, 0.25) is 0 Å². The van der Waals surface area contributed by atoms with Gasteiger partial charge in [-0.1, -0.05) is 18.2 Å². The number of methoxy groups -OCH3 is 1. The van der Waals surface area contributed by atoms with Gasteiger partial charge < -0.3 is 4.74 Å². The molecule has 0 amide bonds. The zero-order chi connectivity index (χ0) is 15.3. The fourth-order valence-electron chi connectivity index (χ4n) is 1.55. The third-order valence-electron chi connectivity index (χ3n) is 2.69. The predicted molar refractivity (Wildman–Crippen MR) is 77.4 cm³/mol. The molecule has 2 aromatic rings. The van der Waals surface area contributed by atoms with Crippen molar-refractivity contribution in [2.45, 2.75) is 6.92 Å². The molecule has 0 aliphatic carbocycles. The first-order valence-corrected chi connectivity index (χ1v) is 11.0. The highest BCUT2D eigenvalue weighted by atomic mass is 127. The van der Waals surface area contributed by atoms with Crippen LogP contribution >= 0.6 is 0 Å². The molecule has 0 aliphatic rings. The second-order valence-electron chi connectivity index (χ2n) is 4.11. The molecule has 0 unspecified atom stereocenters. The molecule has 0 heterocycles. The molecule has 21 heavy (non-hydrogen) atoms. The highest BCUT2D eigenvalue weighted by Crippen LogP contribution is 2.06. The molecule has 0 fully saturated rings. The molecule has 0 saturated heterocycles. The summed E-state index contributed by atoms with van der Waals surface area (Å²) >= 11 is -2.48. The number of hydrogen-bond acceptors (Lipinski definition) is 4. The number of rotatable bonds is 6. The van der Waals surface area contributed by atoms with Crippen LogP contribution < -0.4 is 25.0 Å². The third kappa shape index (κ3) is 4.42. The Bertz CT molecular complexity index is 669. The van der Waals surface area contributed by atoms with E-state index in [0.717, 1.165) is 12.9 Å². The molecule has 0 spiro atoms. The Morgan fingerprint density at radius 3 is 2.05 bits per heavy atom. The Balaban J connectivity index is 2.40. The Kier molecular flexibility index (Phi) is 5.60. The minimum atomic E-state index is -3.49. The van der Waals surface area contributed by atoms with Crippen molar-refractivity contribution in [1.29, 1.82) is 0 Å². The minimum absolute atomic E-state index is 0.0238. The highest BCUT2D eigenvalue weighted by Gasteiger charge is 2.35. The van der Waals surface area contributed by atoms with Crippen molar-refractivity contribution in [3.8, 4) is 5.75 Å². The first-order valence-electron chi connectivity index (χ1n) is 6.37. The summed E-state index contributed by atoms with van der Waals surface area (Å²) in [5.74, 6) is 0.713. The van der Waals surface area contributed by atoms with Crippen LogP contribution in [-0.2, 0) is 12.6 Å². The first kappa shape index (κ1) is 16.3. The van der Waals surface area contributed by atoms with Crippen molar-refractivity contribution in [3.05, 3.63) is 61.7 Å². The second kappa shape index (κ2) is 7.24. The Hall–Kier alpha value is -1.12. The molecule has 113 valence electrons. The zero-order valence-electron chi connectivity index (χ0n) is 11.8. The number of benzene rings is 2. The Labute approximate surface area is 133 Å². The van der Waals surface area contributed by atoms with Crippen molar-refractivity contribution >= 4 is 10.1 Å². The molecule has 4 nitrogen and oxygen atoms in total. The van der Waals surface area contributed by atoms with Gasteiger partial charge in [0.15, 0.2) is 7.14 Å². The lowest BCUT2D eigenvalue weighted by Gasteiger charge is -2.05. The molecule has 0 N–H and O–H groups in total. The van der Waals surface area contributed by atoms with Crippen molar-refractivity contribution < 1.29 is 35.9 Å². The zero-order valence-corrected chi connectivity index (χ0v) is 14.8. The average Bonchev–Trinajstić information content (AvgIpc) is 2.54. The van der Waals surface area contributed by atoms with E-state index in [1.165, 1.54) is 0 Å². The molecule has 0 aromatic heterocycles. The van der Waals surface area contributed by atoms with Gasteiger partial charge in [-0.15, -0.1) is 0 Å². The first-order chi connectivity index (χ1) is 10.1. The van der Waals surface area contributed by atoms with Crippen molar-refractivity contribution in [1.82, 2.24) is 0 Å². The van der Waals surface area contributed by atoms with Gasteiger partial charge in [0, 0.05) is 0 Å². The van der Waals surface area contributed by atoms with Crippen LogP contribution in [0.1, 0.15) is 6.92 Å². The average molecular weight is 420 g/mol. The van der Waals surface area contributed by atoms with Gasteiger partial charge in [0.25, 0.3) is 0 Å². The molecule has 2 aromatic carbocycles. The smallest absolute Gasteiger partial charge is 0.324 e. The van der Waals surface area contributed by atoms with Crippen LogP contribution in [0.25, 0.3) is 0 Å². The summed E-state index contributed by atoms with van der Waals surface area (Å²) in [5.41, 5.74) is 0. The van der Waals surface area contributed by atoms with Gasteiger partial charge >= 0.3 is 30.4 Å². The fraction of sp³-hybridized carbons (Fsp3) is 0.200. The van der Waals surface area contributed by atoms with Gasteiger partial charge in [0.05, 0.1) is 12.9 Å². The van der Waals surface area contributed by atoms with Gasteiger partial charge in [-0.25, -0.2) is 0 Å². The van der Waals surface area contributed by atoms with Gasteiger partial charge in [-0.2, -0.15) is 8.42 Å². The van der Waals surface area contributed by atoms with Crippen LogP contribution in [0.3, 0.4) is 0 Å². The second-order valence-corrected chi connectivity index (χ2v) is 10.9. The van der Waals surface area contributed by atoms with Crippen molar-refractivity contribution in [3.63, 3.8) is 0 Å². The quantitative estimate of drug-likeness (QED) is 0.600. The standard InChI is InChI=1S/C15H17IO4S/c1-3-21(17,18)20-16(13-7-5-4-6-8-13)14-9-11-15(19-2)12-10-14/h4-12H,3H2,1-2H3/q+1. The maximum absolute atomic E-state index is 11.9. The van der Waals surface area contributed by atoms with Gasteiger partial charge in [0.1, 0.15) is 5.75 Å². The van der Waals surface area contributed by atoms with E-state index in [-0.39, 0.29) is 5.75 Å². The van der Waals surface area contributed by atoms with E-state index in [9.17, 15) is 8.42 Å². The summed E-state index contributed by atoms with van der Waals surface area (Å²) in [6.07, 6.45) is 0. The molecule has 1 radical (unpaired) electrons. The number of halogens is 1. The van der Waals surface area contributed by atoms with Crippen LogP contribution in [-0.4, -0.2) is 21.3 Å². The predicted octanol–water partition coefficient (Wildman–Crippen LogP) is -0.359. The Morgan fingerprint density at radius 2 is 1.52 bits per heavy atom. The summed E-state index contributed by atoms with van der Waals surface area (Å²) in [4.78, 5) is 0. The molecule has 0 atom stereocenters. The molecule has 6 heteroatoms. The van der Waals surface area contributed by atoms with Crippen LogP contribution in [0, 0.1) is 7.14 Å². The molecule has 0 bridgehead atoms. The topological polar surface area (TPSA) is 52.6 Å². The van der Waals surface area contributed by atoms with E-state index in [2.05, 4.69) is 0 Å². The fourth-order valence-corrected chi connectivity index (χ4v) is 8.43. The van der Waals surface area contributed by atoms with Crippen LogP contribution in [0.5, 0.6) is 5.75 Å². The molecular formula is C15H17IO4S+. The van der Waals surface area contributed by atoms with Crippen molar-refractivity contribution in [2.75, 3.05) is 12.9 Å². The lowest BCUT2D eigenvalue weighted by atomic mass is 10.3. The molecule has 0 saturated carbocycles. The largest absolute Gasteiger partial charge is 0.497 e. The van der Waals surface area contributed by atoms with E-state index in [0.29, 0.717) is 0 Å². The molecular weight excluding hydrogens is 403 g/mol. The Morgan fingerprint density at radius 1 is 0.952 bits per heavy atom. The number of ether oxygens (including phenoxy) is 1. The van der Waals surface area contributed by atoms with E-state index < -0.39 is 30.4 Å². The van der Waals surface area contributed by atoms with E-state index in [4.69, 9.17) is 7.25 Å². The van der Waals surface area contributed by atoms with E-state index >= 15 is 0 Å². The van der Waals surface area contributed by atoms with E-state index in [1.54, 1.807) is 14.0 Å². The maximum atomic E-state index is 11.9. The summed E-state index contributed by atoms with van der Waals surface area (Å²) in [6, 6.07) is 16.9. The van der Waals surface area contributed by atoms with Gasteiger partial charge in [0.2, 0.25) is 0 Å². The van der Waals surface area contributed by atoms with Crippen LogP contribution in [0.15, 0.2) is 54.6 Å². The third-order valence-corrected chi connectivity index (χ3v) is 10.1. The SMILES string of the molecule is CCS(=O)(=O)O[I+](c1ccccc1)c1ccc(OC)cc1. The monoisotopic (exact) mass is 420 g/mol. The summed E-state index contributed by atoms with van der Waals surface area (Å²) in [7, 11) is -1.89. The summed E-state index contributed by atoms with van der Waals surface area (Å²) in [5, 5.41) is 0. The summed E-state index contributed by atoms with van der Waals surface area (Å²) in [6.45, 7) is 1.59. The summed E-state index contributed by atoms with van der Waals surface area (Å²) < 4.78 is 36.3. The minimum Gasteiger partial charge on any atom is -0.497 e.